The second-order valence-corrected chi connectivity index (χ2v) is 6.37. The Balaban J connectivity index is 2.21. The molecular weight excluding hydrogens is 274 g/mol. The fraction of sp³-hybridized carbons (Fsp3) is 0.600. The highest BCUT2D eigenvalue weighted by Crippen LogP contribution is 2.21. The number of hydrogen-bond donors (Lipinski definition) is 0. The molecule has 1 aromatic rings. The van der Waals surface area contributed by atoms with Gasteiger partial charge in [0, 0.05) is 36.4 Å². The Morgan fingerprint density at radius 2 is 2.10 bits per heavy atom. The molecule has 1 amide bonds. The van der Waals surface area contributed by atoms with Crippen molar-refractivity contribution < 1.29 is 4.79 Å². The lowest BCUT2D eigenvalue weighted by molar-refractivity contribution is 0.0311. The fourth-order valence-electron chi connectivity index (χ4n) is 2.45. The summed E-state index contributed by atoms with van der Waals surface area (Å²) in [4.78, 5) is 21.0. The first kappa shape index (κ1) is 15.3. The van der Waals surface area contributed by atoms with Crippen LogP contribution in [0.15, 0.2) is 12.1 Å². The second kappa shape index (κ2) is 5.70. The van der Waals surface area contributed by atoms with Crippen molar-refractivity contribution in [2.75, 3.05) is 26.7 Å². The fourth-order valence-corrected chi connectivity index (χ4v) is 2.68. The first-order valence-electron chi connectivity index (χ1n) is 7.00. The zero-order valence-electron chi connectivity index (χ0n) is 12.6. The van der Waals surface area contributed by atoms with E-state index in [0.29, 0.717) is 10.7 Å². The maximum atomic E-state index is 12.6. The zero-order chi connectivity index (χ0) is 14.9. The van der Waals surface area contributed by atoms with Gasteiger partial charge in [-0.3, -0.25) is 9.69 Å². The Morgan fingerprint density at radius 1 is 1.40 bits per heavy atom. The third-order valence-corrected chi connectivity index (χ3v) is 4.25. The van der Waals surface area contributed by atoms with E-state index in [0.717, 1.165) is 31.7 Å². The van der Waals surface area contributed by atoms with Gasteiger partial charge in [-0.15, -0.1) is 0 Å². The normalized spacial score (nSPS) is 19.1. The van der Waals surface area contributed by atoms with E-state index < -0.39 is 0 Å². The van der Waals surface area contributed by atoms with Crippen molar-refractivity contribution in [1.82, 2.24) is 14.8 Å². The average Bonchev–Trinajstić information content (AvgIpc) is 2.40. The van der Waals surface area contributed by atoms with Crippen LogP contribution >= 0.6 is 11.6 Å². The summed E-state index contributed by atoms with van der Waals surface area (Å²) in [6.07, 6.45) is 0.773. The molecule has 5 heteroatoms. The monoisotopic (exact) mass is 295 g/mol. The van der Waals surface area contributed by atoms with Gasteiger partial charge in [-0.1, -0.05) is 18.5 Å². The summed E-state index contributed by atoms with van der Waals surface area (Å²) < 4.78 is 0. The van der Waals surface area contributed by atoms with Gasteiger partial charge >= 0.3 is 0 Å². The molecule has 1 aliphatic heterocycles. The molecule has 20 heavy (non-hydrogen) atoms. The van der Waals surface area contributed by atoms with Gasteiger partial charge in [0.1, 0.15) is 5.15 Å². The molecule has 0 bridgehead atoms. The van der Waals surface area contributed by atoms with Gasteiger partial charge in [-0.05, 0) is 39.4 Å². The molecule has 110 valence electrons. The molecule has 1 aromatic heterocycles. The number of likely N-dealkylation sites (N-methyl/N-ethyl adjacent to an activating group) is 1. The Kier molecular flexibility index (Phi) is 4.35. The van der Waals surface area contributed by atoms with E-state index >= 15 is 0 Å². The average molecular weight is 296 g/mol. The smallest absolute Gasteiger partial charge is 0.254 e. The number of nitrogens with zero attached hydrogens (tertiary/aromatic N) is 3. The predicted octanol–water partition coefficient (Wildman–Crippen LogP) is 2.46. The van der Waals surface area contributed by atoms with Gasteiger partial charge in [-0.25, -0.2) is 4.98 Å². The van der Waals surface area contributed by atoms with Crippen LogP contribution in [0.25, 0.3) is 0 Å². The van der Waals surface area contributed by atoms with Crippen LogP contribution in [0.3, 0.4) is 0 Å². The quantitative estimate of drug-likeness (QED) is 0.787. The van der Waals surface area contributed by atoms with Crippen molar-refractivity contribution in [1.29, 1.82) is 0 Å². The highest BCUT2D eigenvalue weighted by Gasteiger charge is 2.33. The topological polar surface area (TPSA) is 36.4 Å². The highest BCUT2D eigenvalue weighted by molar-refractivity contribution is 6.29. The van der Waals surface area contributed by atoms with Crippen molar-refractivity contribution in [3.63, 3.8) is 0 Å². The molecule has 1 aliphatic rings. The molecule has 1 saturated heterocycles. The number of halogens is 1. The summed E-state index contributed by atoms with van der Waals surface area (Å²) in [6.45, 7) is 8.68. The van der Waals surface area contributed by atoms with E-state index in [4.69, 9.17) is 11.6 Å². The number of aromatic nitrogens is 1. The standard InChI is InChI=1S/C15H22ClN3O/c1-5-12-8-11(9-13(16)17-12)14(20)19-7-6-18(4)15(2,3)10-19/h8-9H,5-7,10H2,1-4H3. The van der Waals surface area contributed by atoms with Crippen LogP contribution in [0.5, 0.6) is 0 Å². The number of hydrogen-bond acceptors (Lipinski definition) is 3. The highest BCUT2D eigenvalue weighted by atomic mass is 35.5. The van der Waals surface area contributed by atoms with E-state index in [1.165, 1.54) is 0 Å². The number of piperazine rings is 1. The number of rotatable bonds is 2. The third-order valence-electron chi connectivity index (χ3n) is 4.06. The van der Waals surface area contributed by atoms with Crippen LogP contribution in [-0.4, -0.2) is 52.9 Å². The molecule has 2 rings (SSSR count). The van der Waals surface area contributed by atoms with E-state index in [2.05, 4.69) is 30.8 Å². The molecule has 4 nitrogen and oxygen atoms in total. The van der Waals surface area contributed by atoms with E-state index in [9.17, 15) is 4.79 Å². The first-order valence-corrected chi connectivity index (χ1v) is 7.38. The summed E-state index contributed by atoms with van der Waals surface area (Å²) in [7, 11) is 2.10. The van der Waals surface area contributed by atoms with Crippen LogP contribution in [0.4, 0.5) is 0 Å². The SMILES string of the molecule is CCc1cc(C(=O)N2CCN(C)C(C)(C)C2)cc(Cl)n1. The maximum absolute atomic E-state index is 12.6. The van der Waals surface area contributed by atoms with Gasteiger partial charge in [0.05, 0.1) is 0 Å². The van der Waals surface area contributed by atoms with Crippen LogP contribution in [0.1, 0.15) is 36.8 Å². The molecule has 1 fully saturated rings. The Morgan fingerprint density at radius 3 is 2.70 bits per heavy atom. The lowest BCUT2D eigenvalue weighted by atomic mass is 9.99. The number of pyridine rings is 1. The number of carbonyl (C=O) groups is 1. The van der Waals surface area contributed by atoms with Crippen molar-refractivity contribution in [3.05, 3.63) is 28.5 Å². The Hall–Kier alpha value is -1.13. The molecular formula is C15H22ClN3O. The molecule has 0 N–H and O–H groups in total. The number of carbonyl (C=O) groups excluding carboxylic acids is 1. The van der Waals surface area contributed by atoms with Crippen LogP contribution < -0.4 is 0 Å². The minimum absolute atomic E-state index is 0.00167. The van der Waals surface area contributed by atoms with Gasteiger partial charge in [-0.2, -0.15) is 0 Å². The summed E-state index contributed by atoms with van der Waals surface area (Å²) in [5.41, 5.74) is 1.50. The Labute approximate surface area is 125 Å². The lowest BCUT2D eigenvalue weighted by Crippen LogP contribution is -2.58. The van der Waals surface area contributed by atoms with Crippen LogP contribution in [0.2, 0.25) is 5.15 Å². The molecule has 0 atom stereocenters. The van der Waals surface area contributed by atoms with Gasteiger partial charge in [0.15, 0.2) is 0 Å². The summed E-state index contributed by atoms with van der Waals surface area (Å²) in [5, 5.41) is 0.390. The van der Waals surface area contributed by atoms with Crippen molar-refractivity contribution in [2.45, 2.75) is 32.7 Å². The lowest BCUT2D eigenvalue weighted by Gasteiger charge is -2.45. The minimum atomic E-state index is -0.00167. The summed E-state index contributed by atoms with van der Waals surface area (Å²) in [6, 6.07) is 3.51. The van der Waals surface area contributed by atoms with Gasteiger partial charge < -0.3 is 4.90 Å². The maximum Gasteiger partial charge on any atom is 0.254 e. The molecule has 0 unspecified atom stereocenters. The van der Waals surface area contributed by atoms with E-state index in [1.807, 2.05) is 17.9 Å². The molecule has 0 saturated carbocycles. The molecule has 0 spiro atoms. The van der Waals surface area contributed by atoms with E-state index in [-0.39, 0.29) is 11.4 Å². The summed E-state index contributed by atoms with van der Waals surface area (Å²) >= 11 is 6.00. The minimum Gasteiger partial charge on any atom is -0.336 e. The largest absolute Gasteiger partial charge is 0.336 e. The van der Waals surface area contributed by atoms with Crippen molar-refractivity contribution in [3.8, 4) is 0 Å². The summed E-state index contributed by atoms with van der Waals surface area (Å²) in [5.74, 6) is 0.0465. The van der Waals surface area contributed by atoms with Crippen molar-refractivity contribution in [2.24, 2.45) is 0 Å². The van der Waals surface area contributed by atoms with Crippen LogP contribution in [0, 0.1) is 0 Å². The van der Waals surface area contributed by atoms with Gasteiger partial charge in [0.25, 0.3) is 5.91 Å². The third kappa shape index (κ3) is 3.13. The van der Waals surface area contributed by atoms with Crippen LogP contribution in [-0.2, 0) is 6.42 Å². The Bertz CT molecular complexity index is 516. The van der Waals surface area contributed by atoms with Gasteiger partial charge in [0.2, 0.25) is 0 Å². The number of amides is 1. The van der Waals surface area contributed by atoms with E-state index in [1.54, 1.807) is 6.07 Å². The first-order chi connectivity index (χ1) is 9.33. The van der Waals surface area contributed by atoms with Crippen molar-refractivity contribution >= 4 is 17.5 Å². The number of aryl methyl sites for hydroxylation is 1. The predicted molar refractivity (Wildman–Crippen MR) is 81.2 cm³/mol. The molecule has 0 radical (unpaired) electrons. The molecule has 0 aliphatic carbocycles. The zero-order valence-corrected chi connectivity index (χ0v) is 13.4. The molecule has 2 heterocycles. The molecule has 0 aromatic carbocycles. The second-order valence-electron chi connectivity index (χ2n) is 5.98.